The molecule has 0 aromatic carbocycles. The first kappa shape index (κ1) is 8.92. The normalized spacial score (nSPS) is 10.8. The number of ether oxygens (including phenoxy) is 1. The standard InChI is InChI=1S/C7H16OSi/c1-3-4-5-6-9-7-8-2/h3H,1,4-7,9H2,2H3. The number of allylic oxidation sites excluding steroid dienone is 1. The first-order chi connectivity index (χ1) is 4.41. The lowest BCUT2D eigenvalue weighted by atomic mass is 10.3. The van der Waals surface area contributed by atoms with Crippen molar-refractivity contribution in [3.63, 3.8) is 0 Å². The lowest BCUT2D eigenvalue weighted by molar-refractivity contribution is 0.251. The van der Waals surface area contributed by atoms with E-state index in [1.54, 1.807) is 7.11 Å². The van der Waals surface area contributed by atoms with Gasteiger partial charge in [-0.15, -0.1) is 6.58 Å². The molecule has 0 aliphatic heterocycles. The highest BCUT2D eigenvalue weighted by atomic mass is 28.2. The predicted molar refractivity (Wildman–Crippen MR) is 44.7 cm³/mol. The Kier molecular flexibility index (Phi) is 7.84. The first-order valence-corrected chi connectivity index (χ1v) is 5.51. The second-order valence-electron chi connectivity index (χ2n) is 2.13. The van der Waals surface area contributed by atoms with Gasteiger partial charge in [0.2, 0.25) is 0 Å². The summed E-state index contributed by atoms with van der Waals surface area (Å²) in [5.41, 5.74) is 0. The summed E-state index contributed by atoms with van der Waals surface area (Å²) < 4.78 is 4.96. The molecule has 0 fully saturated rings. The van der Waals surface area contributed by atoms with Crippen molar-refractivity contribution in [2.45, 2.75) is 18.9 Å². The molecular weight excluding hydrogens is 128 g/mol. The number of unbranched alkanes of at least 4 members (excludes halogenated alkanes) is 1. The minimum atomic E-state index is 0.121. The molecule has 2 heteroatoms. The van der Waals surface area contributed by atoms with Crippen molar-refractivity contribution in [1.82, 2.24) is 0 Å². The van der Waals surface area contributed by atoms with Crippen molar-refractivity contribution in [2.75, 3.05) is 13.3 Å². The molecule has 0 saturated carbocycles. The van der Waals surface area contributed by atoms with Crippen molar-refractivity contribution < 1.29 is 4.74 Å². The molecule has 0 aliphatic rings. The van der Waals surface area contributed by atoms with E-state index in [2.05, 4.69) is 6.58 Å². The number of methoxy groups -OCH3 is 1. The molecule has 0 radical (unpaired) electrons. The van der Waals surface area contributed by atoms with Crippen LogP contribution in [0.4, 0.5) is 0 Å². The van der Waals surface area contributed by atoms with Gasteiger partial charge in [0.25, 0.3) is 0 Å². The molecule has 0 amide bonds. The topological polar surface area (TPSA) is 9.23 Å². The molecule has 0 bridgehead atoms. The molecule has 0 aliphatic carbocycles. The second kappa shape index (κ2) is 7.92. The largest absolute Gasteiger partial charge is 0.389 e. The lowest BCUT2D eigenvalue weighted by Gasteiger charge is -1.94. The van der Waals surface area contributed by atoms with Gasteiger partial charge in [0, 0.05) is 13.3 Å². The fourth-order valence-corrected chi connectivity index (χ4v) is 1.85. The highest BCUT2D eigenvalue weighted by Crippen LogP contribution is 1.94. The molecular formula is C7H16OSi. The summed E-state index contributed by atoms with van der Waals surface area (Å²) in [5, 5.41) is 0. The summed E-state index contributed by atoms with van der Waals surface area (Å²) in [6, 6.07) is 1.40. The first-order valence-electron chi connectivity index (χ1n) is 3.51. The molecule has 0 aromatic rings. The van der Waals surface area contributed by atoms with E-state index in [0.717, 1.165) is 6.23 Å². The Morgan fingerprint density at radius 3 is 3.00 bits per heavy atom. The van der Waals surface area contributed by atoms with E-state index in [1.807, 2.05) is 6.08 Å². The van der Waals surface area contributed by atoms with Crippen LogP contribution >= 0.6 is 0 Å². The van der Waals surface area contributed by atoms with E-state index in [1.165, 1.54) is 18.9 Å². The maximum atomic E-state index is 4.96. The van der Waals surface area contributed by atoms with Crippen molar-refractivity contribution in [2.24, 2.45) is 0 Å². The highest BCUT2D eigenvalue weighted by Gasteiger charge is 1.85. The molecule has 0 spiro atoms. The van der Waals surface area contributed by atoms with Crippen LogP contribution in [0.25, 0.3) is 0 Å². The summed E-state index contributed by atoms with van der Waals surface area (Å²) in [6.45, 7) is 3.66. The summed E-state index contributed by atoms with van der Waals surface area (Å²) in [4.78, 5) is 0. The van der Waals surface area contributed by atoms with Gasteiger partial charge in [-0.05, 0) is 6.42 Å². The van der Waals surface area contributed by atoms with Crippen molar-refractivity contribution in [1.29, 1.82) is 0 Å². The maximum Gasteiger partial charge on any atom is 0.0516 e. The average molecular weight is 144 g/mol. The molecule has 1 nitrogen and oxygen atoms in total. The van der Waals surface area contributed by atoms with Crippen molar-refractivity contribution in [3.05, 3.63) is 12.7 Å². The fourth-order valence-electron chi connectivity index (χ4n) is 0.712. The van der Waals surface area contributed by atoms with Crippen LogP contribution in [0.15, 0.2) is 12.7 Å². The maximum absolute atomic E-state index is 4.96. The van der Waals surface area contributed by atoms with Crippen LogP contribution < -0.4 is 0 Å². The van der Waals surface area contributed by atoms with Gasteiger partial charge >= 0.3 is 0 Å². The second-order valence-corrected chi connectivity index (χ2v) is 3.95. The molecule has 0 N–H and O–H groups in total. The number of hydrogen-bond donors (Lipinski definition) is 0. The van der Waals surface area contributed by atoms with Crippen LogP contribution in [0.2, 0.25) is 6.04 Å². The van der Waals surface area contributed by atoms with Gasteiger partial charge in [0.05, 0.1) is 9.52 Å². The van der Waals surface area contributed by atoms with E-state index in [4.69, 9.17) is 4.74 Å². The molecule has 0 atom stereocenters. The Labute approximate surface area is 59.9 Å². The zero-order valence-electron chi connectivity index (χ0n) is 6.23. The van der Waals surface area contributed by atoms with Gasteiger partial charge in [0.1, 0.15) is 0 Å². The minimum Gasteiger partial charge on any atom is -0.389 e. The van der Waals surface area contributed by atoms with E-state index < -0.39 is 0 Å². The van der Waals surface area contributed by atoms with Crippen LogP contribution in [-0.4, -0.2) is 22.9 Å². The van der Waals surface area contributed by atoms with Crippen molar-refractivity contribution >= 4 is 9.52 Å². The van der Waals surface area contributed by atoms with Crippen LogP contribution in [0.3, 0.4) is 0 Å². The van der Waals surface area contributed by atoms with Gasteiger partial charge < -0.3 is 4.74 Å². The van der Waals surface area contributed by atoms with Gasteiger partial charge in [0.15, 0.2) is 0 Å². The van der Waals surface area contributed by atoms with Crippen LogP contribution in [0.1, 0.15) is 12.8 Å². The SMILES string of the molecule is C=CCCC[SiH2]COC. The molecule has 54 valence electrons. The van der Waals surface area contributed by atoms with Crippen LogP contribution in [0, 0.1) is 0 Å². The molecule has 9 heavy (non-hydrogen) atoms. The number of hydrogen-bond acceptors (Lipinski definition) is 1. The molecule has 0 aromatic heterocycles. The van der Waals surface area contributed by atoms with Gasteiger partial charge in [-0.2, -0.15) is 0 Å². The van der Waals surface area contributed by atoms with Crippen LogP contribution in [-0.2, 0) is 4.74 Å². The Morgan fingerprint density at radius 2 is 2.44 bits per heavy atom. The summed E-state index contributed by atoms with van der Waals surface area (Å²) in [5.74, 6) is 0. The monoisotopic (exact) mass is 144 g/mol. The Bertz CT molecular complexity index is 63.9. The fraction of sp³-hybridized carbons (Fsp3) is 0.714. The summed E-state index contributed by atoms with van der Waals surface area (Å²) >= 11 is 0. The smallest absolute Gasteiger partial charge is 0.0516 e. The minimum absolute atomic E-state index is 0.121. The zero-order valence-corrected chi connectivity index (χ0v) is 7.64. The molecule has 0 unspecified atom stereocenters. The highest BCUT2D eigenvalue weighted by molar-refractivity contribution is 6.35. The molecule has 0 rings (SSSR count). The lowest BCUT2D eigenvalue weighted by Crippen LogP contribution is -1.99. The van der Waals surface area contributed by atoms with E-state index >= 15 is 0 Å². The molecule has 0 heterocycles. The Balaban J connectivity index is 2.66. The zero-order chi connectivity index (χ0) is 6.95. The van der Waals surface area contributed by atoms with E-state index in [9.17, 15) is 0 Å². The van der Waals surface area contributed by atoms with Gasteiger partial charge in [-0.1, -0.05) is 18.5 Å². The van der Waals surface area contributed by atoms with E-state index in [-0.39, 0.29) is 9.52 Å². The third kappa shape index (κ3) is 7.92. The van der Waals surface area contributed by atoms with Crippen LogP contribution in [0.5, 0.6) is 0 Å². The molecule has 0 saturated heterocycles. The van der Waals surface area contributed by atoms with Crippen molar-refractivity contribution in [3.8, 4) is 0 Å². The Hall–Kier alpha value is -0.0831. The van der Waals surface area contributed by atoms with E-state index in [0.29, 0.717) is 0 Å². The summed E-state index contributed by atoms with van der Waals surface area (Å²) in [6.07, 6.45) is 5.52. The summed E-state index contributed by atoms with van der Waals surface area (Å²) in [7, 11) is 1.90. The predicted octanol–water partition coefficient (Wildman–Crippen LogP) is 1.14. The van der Waals surface area contributed by atoms with Gasteiger partial charge in [-0.25, -0.2) is 0 Å². The quantitative estimate of drug-likeness (QED) is 0.309. The third-order valence-electron chi connectivity index (χ3n) is 1.26. The average Bonchev–Trinajstić information content (AvgIpc) is 1.89. The Morgan fingerprint density at radius 1 is 1.67 bits per heavy atom. The van der Waals surface area contributed by atoms with Gasteiger partial charge in [-0.3, -0.25) is 0 Å². The number of rotatable bonds is 6. The third-order valence-corrected chi connectivity index (χ3v) is 2.95.